The number of benzene rings is 3. The number of ketones is 2. The number of hydrogen-bond donors (Lipinski definition) is 6. The number of ether oxygens (including phenoxy) is 1. The molecule has 2 aliphatic carbocycles. The maximum atomic E-state index is 14.1. The van der Waals surface area contributed by atoms with Crippen molar-refractivity contribution < 1.29 is 24.5 Å². The lowest BCUT2D eigenvalue weighted by atomic mass is 9.79. The van der Waals surface area contributed by atoms with Gasteiger partial charge >= 0.3 is 0 Å². The fourth-order valence-electron chi connectivity index (χ4n) is 9.08. The average molecular weight is 847 g/mol. The highest BCUT2D eigenvalue weighted by Gasteiger charge is 2.37. The van der Waals surface area contributed by atoms with Crippen LogP contribution in [0, 0.1) is 23.2 Å². The van der Waals surface area contributed by atoms with E-state index in [1.165, 1.54) is 0 Å². The van der Waals surface area contributed by atoms with Crippen molar-refractivity contribution in [1.29, 1.82) is 0 Å². The molecule has 1 aromatic heterocycles. The predicted octanol–water partition coefficient (Wildman–Crippen LogP) is 8.80. The van der Waals surface area contributed by atoms with E-state index in [2.05, 4.69) is 34.3 Å². The number of carbonyl (C=O) groups excluding carboxylic acids is 2. The number of unbranched alkanes of at least 4 members (excludes halogenated alkanes) is 2. The fraction of sp³-hybridized carbons (Fsp3) is 0.429. The van der Waals surface area contributed by atoms with Gasteiger partial charge in [-0.15, -0.1) is 0 Å². The molecule has 1 saturated carbocycles. The van der Waals surface area contributed by atoms with Crippen LogP contribution in [0.2, 0.25) is 0 Å². The number of phenolic OH excluding ortho intramolecular Hbond substituents is 2. The second-order valence-electron chi connectivity index (χ2n) is 16.7. The molecule has 3 atom stereocenters. The van der Waals surface area contributed by atoms with Crippen molar-refractivity contribution in [3.8, 4) is 29.1 Å². The van der Waals surface area contributed by atoms with Crippen molar-refractivity contribution >= 4 is 33.2 Å². The summed E-state index contributed by atoms with van der Waals surface area (Å²) in [5.74, 6) is 8.92. The zero-order chi connectivity index (χ0) is 42.1. The van der Waals surface area contributed by atoms with E-state index in [4.69, 9.17) is 16.2 Å². The van der Waals surface area contributed by atoms with Crippen LogP contribution >= 0.6 is 21.6 Å². The summed E-state index contributed by atoms with van der Waals surface area (Å²) in [6, 6.07) is 16.7. The molecule has 0 unspecified atom stereocenters. The van der Waals surface area contributed by atoms with Gasteiger partial charge in [0.15, 0.2) is 23.1 Å². The van der Waals surface area contributed by atoms with Crippen LogP contribution in [0.15, 0.2) is 72.9 Å². The molecule has 316 valence electrons. The highest BCUT2D eigenvalue weighted by molar-refractivity contribution is 8.76. The van der Waals surface area contributed by atoms with Crippen LogP contribution in [0.1, 0.15) is 125 Å². The highest BCUT2D eigenvalue weighted by Crippen LogP contribution is 2.49. The van der Waals surface area contributed by atoms with Crippen LogP contribution in [0.25, 0.3) is 0 Å². The molecular formula is C49H58N4O5S2. The number of fused-ring (bicyclic) bond motifs is 9. The number of rotatable bonds is 7. The van der Waals surface area contributed by atoms with Gasteiger partial charge in [-0.25, -0.2) is 0 Å². The number of aryl methyl sites for hydroxylation is 1. The summed E-state index contributed by atoms with van der Waals surface area (Å²) in [5.41, 5.74) is 20.1. The minimum atomic E-state index is -0.728. The van der Waals surface area contributed by atoms with E-state index in [1.54, 1.807) is 29.1 Å². The Hall–Kier alpha value is -4.44. The molecule has 8 N–H and O–H groups in total. The quantitative estimate of drug-likeness (QED) is 0.0459. The fourth-order valence-corrected chi connectivity index (χ4v) is 11.6. The molecule has 2 heterocycles. The molecule has 0 radical (unpaired) electrons. The van der Waals surface area contributed by atoms with Crippen molar-refractivity contribution in [2.45, 2.75) is 94.9 Å². The molecule has 0 spiro atoms. The number of hydrogen-bond acceptors (Lipinski definition) is 10. The Morgan fingerprint density at radius 2 is 1.80 bits per heavy atom. The number of H-pyrrole nitrogens is 1. The third-order valence-corrected chi connectivity index (χ3v) is 14.9. The first-order valence-corrected chi connectivity index (χ1v) is 23.8. The lowest BCUT2D eigenvalue weighted by Gasteiger charge is -2.26. The second-order valence-corrected chi connectivity index (χ2v) is 19.2. The molecule has 9 nitrogen and oxygen atoms in total. The first-order valence-electron chi connectivity index (χ1n) is 21.3. The number of aromatic amines is 1. The van der Waals surface area contributed by atoms with Crippen LogP contribution in [0.4, 0.5) is 0 Å². The van der Waals surface area contributed by atoms with E-state index < -0.39 is 12.1 Å². The van der Waals surface area contributed by atoms with Gasteiger partial charge in [0.25, 0.3) is 0 Å². The smallest absolute Gasteiger partial charge is 0.165 e. The molecule has 11 heteroatoms. The molecular weight excluding hydrogens is 789 g/mol. The van der Waals surface area contributed by atoms with E-state index in [-0.39, 0.29) is 41.5 Å². The van der Waals surface area contributed by atoms with Gasteiger partial charge in [-0.3, -0.25) is 9.59 Å². The number of aromatic hydroxyl groups is 2. The third kappa shape index (κ3) is 10.9. The van der Waals surface area contributed by atoms with E-state index in [0.717, 1.165) is 96.3 Å². The van der Waals surface area contributed by atoms with Crippen molar-refractivity contribution in [3.05, 3.63) is 123 Å². The zero-order valence-corrected chi connectivity index (χ0v) is 36.2. The Morgan fingerprint density at radius 3 is 2.63 bits per heavy atom. The average Bonchev–Trinajstić information content (AvgIpc) is 3.89. The number of phenols is 2. The van der Waals surface area contributed by atoms with Gasteiger partial charge in [0.05, 0.1) is 19.2 Å². The molecule has 60 heavy (non-hydrogen) atoms. The van der Waals surface area contributed by atoms with Gasteiger partial charge in [-0.1, -0.05) is 76.6 Å². The molecule has 4 aromatic rings. The number of carbonyl (C=O) groups is 2. The van der Waals surface area contributed by atoms with Crippen LogP contribution in [-0.2, 0) is 29.8 Å². The van der Waals surface area contributed by atoms with Gasteiger partial charge in [-0.05, 0) is 128 Å². The van der Waals surface area contributed by atoms with Gasteiger partial charge in [0.2, 0.25) is 0 Å². The van der Waals surface area contributed by atoms with E-state index in [9.17, 15) is 19.8 Å². The molecule has 0 saturated heterocycles. The van der Waals surface area contributed by atoms with Crippen LogP contribution in [-0.4, -0.2) is 52.7 Å². The Kier molecular flexibility index (Phi) is 14.8. The predicted molar refractivity (Wildman–Crippen MR) is 244 cm³/mol. The maximum absolute atomic E-state index is 14.1. The Bertz CT molecular complexity index is 2260. The van der Waals surface area contributed by atoms with Gasteiger partial charge in [0, 0.05) is 65.3 Å². The first-order chi connectivity index (χ1) is 29.1. The molecule has 8 bridgehead atoms. The third-order valence-electron chi connectivity index (χ3n) is 12.4. The molecule has 3 aliphatic rings. The van der Waals surface area contributed by atoms with Crippen LogP contribution < -0.4 is 21.5 Å². The summed E-state index contributed by atoms with van der Waals surface area (Å²) >= 11 is 0. The number of nitrogens with one attached hydrogen (secondary N) is 2. The summed E-state index contributed by atoms with van der Waals surface area (Å²) in [6.07, 6.45) is 14.8. The van der Waals surface area contributed by atoms with E-state index in [0.29, 0.717) is 54.2 Å². The lowest BCUT2D eigenvalue weighted by molar-refractivity contribution is -0.114. The van der Waals surface area contributed by atoms with E-state index in [1.807, 2.05) is 60.3 Å². The van der Waals surface area contributed by atoms with Crippen molar-refractivity contribution in [1.82, 2.24) is 10.3 Å². The van der Waals surface area contributed by atoms with Gasteiger partial charge in [0.1, 0.15) is 5.75 Å². The normalized spacial score (nSPS) is 21.8. The Morgan fingerprint density at radius 1 is 0.967 bits per heavy atom. The van der Waals surface area contributed by atoms with Crippen LogP contribution in [0.3, 0.4) is 0 Å². The number of Topliss-reactive ketones (excluding diaryl/α,β-unsaturated/α-hetero) is 1. The van der Waals surface area contributed by atoms with Crippen molar-refractivity contribution in [2.24, 2.45) is 22.8 Å². The Balaban J connectivity index is 1.24. The van der Waals surface area contributed by atoms with Gasteiger partial charge in [-0.2, -0.15) is 0 Å². The summed E-state index contributed by atoms with van der Waals surface area (Å²) < 4.78 is 6.14. The molecule has 3 aromatic carbocycles. The molecule has 7 rings (SSSR count). The lowest BCUT2D eigenvalue weighted by Crippen LogP contribution is -2.22. The summed E-state index contributed by atoms with van der Waals surface area (Å²) in [4.78, 5) is 30.7. The molecule has 0 amide bonds. The Labute approximate surface area is 362 Å². The minimum absolute atomic E-state index is 0.0146. The zero-order valence-electron chi connectivity index (χ0n) is 34.6. The topological polar surface area (TPSA) is 164 Å². The van der Waals surface area contributed by atoms with E-state index >= 15 is 0 Å². The molecule has 1 fully saturated rings. The summed E-state index contributed by atoms with van der Waals surface area (Å²) in [7, 11) is 5.65. The summed E-state index contributed by atoms with van der Waals surface area (Å²) in [5, 5.41) is 25.5. The standard InChI is InChI=1S/C49H58N4O5S2/c1-52-21-4-2-3-18-49-19-14-34(29-49)30-59-60-31-36-27-39-35(26-40(36)48(50)51)6-5-7-43-38(16-22-53-43)46(57)28-41(39)42-24-33(9-12-44(42)55)17-23-58-47-25-32(10-13-45(47)56)8-11-37(54)15-20-49/h9-10,12-13,15-16,20,22,24-27,34,41,48,52-53,55-56H,2-4,7-8,11,14,17-19,21,23,28-31,50-51H2,1H3/b20-15+/t34-,41+,49-/m1/s1. The molecule has 1 aliphatic heterocycles. The van der Waals surface area contributed by atoms with Crippen molar-refractivity contribution in [2.75, 3.05) is 26.0 Å². The SMILES string of the molecule is CNCCCCC[C@]12/C=C/C(=O)CCc3ccc(O)c(c3)OCCc3ccc(O)c(c3)[C@H]3CC(=O)c4cc[nH]c4CC#Cc4cc(C(N)N)c(cc43)CSSC[C@H](CC1)C2. The number of allylic oxidation sites excluding steroid dienone is 2. The highest BCUT2D eigenvalue weighted by atomic mass is 33.1. The number of nitrogens with two attached hydrogens (primary N) is 2. The van der Waals surface area contributed by atoms with Gasteiger partial charge < -0.3 is 36.7 Å². The monoisotopic (exact) mass is 846 g/mol. The second kappa shape index (κ2) is 20.4. The van der Waals surface area contributed by atoms with Crippen molar-refractivity contribution in [3.63, 3.8) is 0 Å². The number of aromatic nitrogens is 1. The minimum Gasteiger partial charge on any atom is -0.508 e. The van der Waals surface area contributed by atoms with Crippen LogP contribution in [0.5, 0.6) is 17.2 Å². The summed E-state index contributed by atoms with van der Waals surface area (Å²) in [6.45, 7) is 1.27. The first kappa shape index (κ1) is 43.6. The largest absolute Gasteiger partial charge is 0.508 e. The maximum Gasteiger partial charge on any atom is 0.165 e.